The fourth-order valence-corrected chi connectivity index (χ4v) is 3.68. The molecule has 1 saturated heterocycles. The van der Waals surface area contributed by atoms with Crippen LogP contribution in [0.15, 0.2) is 47.0 Å². The lowest BCUT2D eigenvalue weighted by molar-refractivity contribution is -0.116. The van der Waals surface area contributed by atoms with Crippen molar-refractivity contribution in [2.45, 2.75) is 39.0 Å². The highest BCUT2D eigenvalue weighted by molar-refractivity contribution is 5.94. The molecule has 0 atom stereocenters. The lowest BCUT2D eigenvalue weighted by Crippen LogP contribution is -2.30. The van der Waals surface area contributed by atoms with Crippen LogP contribution in [0.2, 0.25) is 0 Å². The van der Waals surface area contributed by atoms with Crippen molar-refractivity contribution in [3.8, 4) is 11.4 Å². The smallest absolute Gasteiger partial charge is 0.227 e. The van der Waals surface area contributed by atoms with Crippen LogP contribution in [0.25, 0.3) is 11.4 Å². The van der Waals surface area contributed by atoms with Crippen molar-refractivity contribution < 1.29 is 13.7 Å². The zero-order chi connectivity index (χ0) is 20.9. The van der Waals surface area contributed by atoms with E-state index in [-0.39, 0.29) is 18.1 Å². The summed E-state index contributed by atoms with van der Waals surface area (Å²) in [4.78, 5) is 19.2. The molecular formula is C23H25FN4O2. The largest absolute Gasteiger partial charge is 0.370 e. The minimum absolute atomic E-state index is 0.100. The van der Waals surface area contributed by atoms with Crippen LogP contribution in [0.3, 0.4) is 0 Å². The molecule has 0 aliphatic carbocycles. The standard InChI is InChI=1S/C23H25FN4O2/c1-16-15-17(9-10-18(16)24)23-26-22(30-27-23)12-11-21(29)25-19-7-3-4-8-20(19)28-13-5-2-6-14-28/h3-4,7-10,15H,2,5-6,11-14H2,1H3,(H,25,29). The molecule has 0 bridgehead atoms. The van der Waals surface area contributed by atoms with E-state index in [0.717, 1.165) is 24.5 Å². The zero-order valence-electron chi connectivity index (χ0n) is 17.0. The predicted octanol–water partition coefficient (Wildman–Crippen LogP) is 4.75. The van der Waals surface area contributed by atoms with Crippen LogP contribution in [-0.2, 0) is 11.2 Å². The summed E-state index contributed by atoms with van der Waals surface area (Å²) in [6, 6.07) is 12.6. The van der Waals surface area contributed by atoms with Gasteiger partial charge in [-0.15, -0.1) is 0 Å². The summed E-state index contributed by atoms with van der Waals surface area (Å²) < 4.78 is 18.7. The van der Waals surface area contributed by atoms with Gasteiger partial charge in [0.2, 0.25) is 17.6 Å². The number of amides is 1. The van der Waals surface area contributed by atoms with Crippen molar-refractivity contribution in [2.75, 3.05) is 23.3 Å². The minimum Gasteiger partial charge on any atom is -0.370 e. The van der Waals surface area contributed by atoms with E-state index in [1.807, 2.05) is 18.2 Å². The first-order valence-corrected chi connectivity index (χ1v) is 10.3. The molecule has 0 unspecified atom stereocenters. The highest BCUT2D eigenvalue weighted by Crippen LogP contribution is 2.28. The van der Waals surface area contributed by atoms with Gasteiger partial charge < -0.3 is 14.7 Å². The van der Waals surface area contributed by atoms with E-state index < -0.39 is 0 Å². The van der Waals surface area contributed by atoms with E-state index >= 15 is 0 Å². The van der Waals surface area contributed by atoms with E-state index in [1.54, 1.807) is 19.1 Å². The van der Waals surface area contributed by atoms with E-state index in [1.165, 1.54) is 25.3 Å². The normalized spacial score (nSPS) is 14.0. The highest BCUT2D eigenvalue weighted by atomic mass is 19.1. The van der Waals surface area contributed by atoms with Gasteiger partial charge in [0, 0.05) is 31.5 Å². The van der Waals surface area contributed by atoms with E-state index in [4.69, 9.17) is 4.52 Å². The number of carbonyl (C=O) groups is 1. The Morgan fingerprint density at radius 1 is 1.17 bits per heavy atom. The van der Waals surface area contributed by atoms with Crippen molar-refractivity contribution >= 4 is 17.3 Å². The molecule has 1 N–H and O–H groups in total. The summed E-state index contributed by atoms with van der Waals surface area (Å²) in [6.45, 7) is 3.72. The second-order valence-corrected chi connectivity index (χ2v) is 7.59. The highest BCUT2D eigenvalue weighted by Gasteiger charge is 2.16. The van der Waals surface area contributed by atoms with Gasteiger partial charge in [-0.25, -0.2) is 4.39 Å². The summed E-state index contributed by atoms with van der Waals surface area (Å²) in [6.07, 6.45) is 4.18. The van der Waals surface area contributed by atoms with E-state index in [9.17, 15) is 9.18 Å². The van der Waals surface area contributed by atoms with Gasteiger partial charge in [0.1, 0.15) is 5.82 Å². The van der Waals surface area contributed by atoms with E-state index in [0.29, 0.717) is 29.3 Å². The number of halogens is 1. The van der Waals surface area contributed by atoms with Crippen LogP contribution < -0.4 is 10.2 Å². The Bertz CT molecular complexity index is 1030. The summed E-state index contributed by atoms with van der Waals surface area (Å²) >= 11 is 0. The molecule has 0 saturated carbocycles. The first-order valence-electron chi connectivity index (χ1n) is 10.3. The number of anilines is 2. The van der Waals surface area contributed by atoms with Crippen LogP contribution in [0, 0.1) is 12.7 Å². The third kappa shape index (κ3) is 4.67. The number of nitrogens with zero attached hydrogens (tertiary/aromatic N) is 3. The number of hydrogen-bond donors (Lipinski definition) is 1. The maximum absolute atomic E-state index is 13.4. The third-order valence-electron chi connectivity index (χ3n) is 5.33. The number of aromatic nitrogens is 2. The number of hydrogen-bond acceptors (Lipinski definition) is 5. The Morgan fingerprint density at radius 2 is 1.97 bits per heavy atom. The van der Waals surface area contributed by atoms with E-state index in [2.05, 4.69) is 26.4 Å². The lowest BCUT2D eigenvalue weighted by atomic mass is 10.1. The molecule has 156 valence electrons. The minimum atomic E-state index is -0.274. The lowest BCUT2D eigenvalue weighted by Gasteiger charge is -2.30. The number of benzene rings is 2. The van der Waals surface area contributed by atoms with Crippen molar-refractivity contribution in [2.24, 2.45) is 0 Å². The molecule has 3 aromatic rings. The van der Waals surface area contributed by atoms with Crippen molar-refractivity contribution in [3.05, 3.63) is 59.7 Å². The number of piperidine rings is 1. The Morgan fingerprint density at radius 3 is 2.77 bits per heavy atom. The maximum Gasteiger partial charge on any atom is 0.227 e. The van der Waals surface area contributed by atoms with Crippen molar-refractivity contribution in [3.63, 3.8) is 0 Å². The summed E-state index contributed by atoms with van der Waals surface area (Å²) in [5.74, 6) is 0.399. The zero-order valence-corrected chi connectivity index (χ0v) is 17.0. The van der Waals surface area contributed by atoms with Gasteiger partial charge in [0.25, 0.3) is 0 Å². The fraction of sp³-hybridized carbons (Fsp3) is 0.348. The molecule has 30 heavy (non-hydrogen) atoms. The second-order valence-electron chi connectivity index (χ2n) is 7.59. The Hall–Kier alpha value is -3.22. The Balaban J connectivity index is 1.37. The maximum atomic E-state index is 13.4. The first-order chi connectivity index (χ1) is 14.6. The van der Waals surface area contributed by atoms with Crippen LogP contribution in [0.4, 0.5) is 15.8 Å². The molecular weight excluding hydrogens is 383 g/mol. The molecule has 1 fully saturated rings. The average Bonchev–Trinajstić information content (AvgIpc) is 3.24. The fourth-order valence-electron chi connectivity index (χ4n) is 3.68. The third-order valence-corrected chi connectivity index (χ3v) is 5.33. The molecule has 2 aromatic carbocycles. The van der Waals surface area contributed by atoms with Crippen molar-refractivity contribution in [1.82, 2.24) is 10.1 Å². The molecule has 1 amide bonds. The van der Waals surface area contributed by atoms with Gasteiger partial charge in [0.05, 0.1) is 11.4 Å². The predicted molar refractivity (Wildman–Crippen MR) is 114 cm³/mol. The summed E-state index contributed by atoms with van der Waals surface area (Å²) in [7, 11) is 0. The molecule has 1 aliphatic rings. The molecule has 7 heteroatoms. The monoisotopic (exact) mass is 408 g/mol. The van der Waals surface area contributed by atoms with Crippen molar-refractivity contribution in [1.29, 1.82) is 0 Å². The van der Waals surface area contributed by atoms with Gasteiger partial charge in [-0.05, 0) is 62.1 Å². The van der Waals surface area contributed by atoms with Crippen LogP contribution >= 0.6 is 0 Å². The summed E-state index contributed by atoms with van der Waals surface area (Å²) in [5.41, 5.74) is 3.10. The molecule has 1 aliphatic heterocycles. The van der Waals surface area contributed by atoms with Gasteiger partial charge in [0.15, 0.2) is 0 Å². The van der Waals surface area contributed by atoms with Gasteiger partial charge in [-0.2, -0.15) is 4.98 Å². The first kappa shape index (κ1) is 20.1. The molecule has 0 spiro atoms. The number of carbonyl (C=O) groups excluding carboxylic acids is 1. The second kappa shape index (κ2) is 9.07. The number of rotatable bonds is 6. The van der Waals surface area contributed by atoms with Gasteiger partial charge >= 0.3 is 0 Å². The molecule has 6 nitrogen and oxygen atoms in total. The quantitative estimate of drug-likeness (QED) is 0.638. The molecule has 4 rings (SSSR count). The molecule has 2 heterocycles. The Labute approximate surface area is 175 Å². The topological polar surface area (TPSA) is 71.3 Å². The van der Waals surface area contributed by atoms with Crippen LogP contribution in [-0.4, -0.2) is 29.1 Å². The summed E-state index contributed by atoms with van der Waals surface area (Å²) in [5, 5.41) is 6.97. The number of nitrogens with one attached hydrogen (secondary N) is 1. The van der Waals surface area contributed by atoms with Gasteiger partial charge in [-0.1, -0.05) is 17.3 Å². The van der Waals surface area contributed by atoms with Gasteiger partial charge in [-0.3, -0.25) is 4.79 Å². The number of aryl methyl sites for hydroxylation is 2. The average molecular weight is 408 g/mol. The van der Waals surface area contributed by atoms with Crippen LogP contribution in [0.5, 0.6) is 0 Å². The molecule has 0 radical (unpaired) electrons. The SMILES string of the molecule is Cc1cc(-c2noc(CCC(=O)Nc3ccccc3N3CCCCC3)n2)ccc1F. The Kier molecular flexibility index (Phi) is 6.07. The molecule has 1 aromatic heterocycles. The van der Waals surface area contributed by atoms with Crippen LogP contribution in [0.1, 0.15) is 37.1 Å². The number of para-hydroxylation sites is 2.